The number of fused-ring (bicyclic) bond motifs is 4. The molecular formula is C42H52O4. The third-order valence-electron chi connectivity index (χ3n) is 10.9. The number of esters is 2. The lowest BCUT2D eigenvalue weighted by atomic mass is 9.72. The van der Waals surface area contributed by atoms with Crippen LogP contribution in [-0.4, -0.2) is 26.2 Å². The number of hydrogen-bond donors (Lipinski definition) is 0. The molecule has 0 saturated carbocycles. The van der Waals surface area contributed by atoms with Crippen LogP contribution in [0.25, 0.3) is 21.5 Å². The number of hydrogen-bond acceptors (Lipinski definition) is 4. The fourth-order valence-electron chi connectivity index (χ4n) is 9.06. The Balaban J connectivity index is 1.94. The molecule has 4 aromatic rings. The third-order valence-corrected chi connectivity index (χ3v) is 10.9. The van der Waals surface area contributed by atoms with Gasteiger partial charge in [0, 0.05) is 0 Å². The van der Waals surface area contributed by atoms with Gasteiger partial charge in [0.15, 0.2) is 0 Å². The van der Waals surface area contributed by atoms with E-state index in [2.05, 4.69) is 67.5 Å². The second kappa shape index (κ2) is 13.6. The smallest absolute Gasteiger partial charge is 0.339 e. The Morgan fingerprint density at radius 1 is 0.435 bits per heavy atom. The van der Waals surface area contributed by atoms with Gasteiger partial charge in [-0.2, -0.15) is 0 Å². The van der Waals surface area contributed by atoms with Crippen molar-refractivity contribution < 1.29 is 19.1 Å². The van der Waals surface area contributed by atoms with Crippen LogP contribution in [0.1, 0.15) is 143 Å². The summed E-state index contributed by atoms with van der Waals surface area (Å²) in [5, 5.41) is 5.61. The Morgan fingerprint density at radius 3 is 0.957 bits per heavy atom. The highest BCUT2D eigenvalue weighted by molar-refractivity contribution is 6.07. The van der Waals surface area contributed by atoms with Gasteiger partial charge in [-0.25, -0.2) is 9.59 Å². The number of carbonyl (C=O) groups is 2. The van der Waals surface area contributed by atoms with Crippen molar-refractivity contribution in [3.8, 4) is 0 Å². The van der Waals surface area contributed by atoms with Crippen LogP contribution in [0.5, 0.6) is 0 Å². The van der Waals surface area contributed by atoms with E-state index in [1.807, 2.05) is 0 Å². The normalized spacial score (nSPS) is 12.4. The van der Waals surface area contributed by atoms with Gasteiger partial charge < -0.3 is 9.47 Å². The number of methoxy groups -OCH3 is 2. The average molecular weight is 621 g/mol. The van der Waals surface area contributed by atoms with E-state index in [-0.39, 0.29) is 0 Å². The Hall–Kier alpha value is -3.66. The van der Waals surface area contributed by atoms with Crippen LogP contribution in [-0.2, 0) is 73.7 Å². The SMILES string of the molecule is CCc1c2c(c(CC)c(C(=O)OC)c1C(=O)OC)Cc1c(c(CC)c3cc4c(CC)c(CC)c(CC)c(CC)c4cc3c1CC)C2. The summed E-state index contributed by atoms with van der Waals surface area (Å²) in [6, 6.07) is 5.07. The van der Waals surface area contributed by atoms with E-state index >= 15 is 0 Å². The molecular weight excluding hydrogens is 568 g/mol. The highest BCUT2D eigenvalue weighted by Gasteiger charge is 2.34. The molecule has 46 heavy (non-hydrogen) atoms. The predicted molar refractivity (Wildman–Crippen MR) is 191 cm³/mol. The van der Waals surface area contributed by atoms with Gasteiger partial charge in [-0.3, -0.25) is 0 Å². The lowest BCUT2D eigenvalue weighted by Crippen LogP contribution is -2.24. The molecule has 0 N–H and O–H groups in total. The first kappa shape index (κ1) is 33.7. The van der Waals surface area contributed by atoms with Gasteiger partial charge in [-0.15, -0.1) is 0 Å². The molecule has 244 valence electrons. The van der Waals surface area contributed by atoms with Gasteiger partial charge in [0.25, 0.3) is 0 Å². The molecule has 4 aromatic carbocycles. The van der Waals surface area contributed by atoms with Gasteiger partial charge >= 0.3 is 11.9 Å². The van der Waals surface area contributed by atoms with Gasteiger partial charge in [-0.05, 0) is 165 Å². The van der Waals surface area contributed by atoms with E-state index in [0.29, 0.717) is 24.0 Å². The first-order valence-electron chi connectivity index (χ1n) is 17.7. The van der Waals surface area contributed by atoms with Gasteiger partial charge in [-0.1, -0.05) is 55.4 Å². The second-order valence-electron chi connectivity index (χ2n) is 12.6. The molecule has 0 aliphatic heterocycles. The van der Waals surface area contributed by atoms with Gasteiger partial charge in [0.1, 0.15) is 0 Å². The monoisotopic (exact) mass is 620 g/mol. The Morgan fingerprint density at radius 2 is 0.696 bits per heavy atom. The summed E-state index contributed by atoms with van der Waals surface area (Å²) >= 11 is 0. The highest BCUT2D eigenvalue weighted by atomic mass is 16.5. The van der Waals surface area contributed by atoms with E-state index < -0.39 is 11.9 Å². The van der Waals surface area contributed by atoms with Crippen molar-refractivity contribution in [1.29, 1.82) is 0 Å². The molecule has 0 radical (unpaired) electrons. The zero-order valence-electron chi connectivity index (χ0n) is 29.9. The van der Waals surface area contributed by atoms with Crippen molar-refractivity contribution in [3.63, 3.8) is 0 Å². The van der Waals surface area contributed by atoms with Gasteiger partial charge in [0.05, 0.1) is 25.3 Å². The molecule has 0 heterocycles. The fraction of sp³-hybridized carbons (Fsp3) is 0.476. The molecule has 0 spiro atoms. The van der Waals surface area contributed by atoms with E-state index in [1.165, 1.54) is 80.3 Å². The predicted octanol–water partition coefficient (Wildman–Crippen LogP) is 9.56. The van der Waals surface area contributed by atoms with Crippen LogP contribution in [0.4, 0.5) is 0 Å². The first-order valence-corrected chi connectivity index (χ1v) is 17.7. The Bertz CT molecular complexity index is 1740. The summed E-state index contributed by atoms with van der Waals surface area (Å²) in [5.74, 6) is -0.931. The summed E-state index contributed by atoms with van der Waals surface area (Å²) in [5.41, 5.74) is 16.8. The Labute approximate surface area is 275 Å². The minimum Gasteiger partial charge on any atom is -0.465 e. The largest absolute Gasteiger partial charge is 0.465 e. The van der Waals surface area contributed by atoms with E-state index in [1.54, 1.807) is 11.1 Å². The van der Waals surface area contributed by atoms with E-state index in [9.17, 15) is 9.59 Å². The molecule has 5 rings (SSSR count). The molecule has 0 fully saturated rings. The maximum Gasteiger partial charge on any atom is 0.339 e. The van der Waals surface area contributed by atoms with Crippen molar-refractivity contribution in [1.82, 2.24) is 0 Å². The van der Waals surface area contributed by atoms with Crippen molar-refractivity contribution in [2.45, 2.75) is 120 Å². The van der Waals surface area contributed by atoms with Crippen LogP contribution in [0, 0.1) is 0 Å². The van der Waals surface area contributed by atoms with Crippen molar-refractivity contribution in [3.05, 3.63) is 90.0 Å². The van der Waals surface area contributed by atoms with Crippen molar-refractivity contribution >= 4 is 33.5 Å². The number of rotatable bonds is 10. The van der Waals surface area contributed by atoms with E-state index in [0.717, 1.165) is 62.5 Å². The zero-order valence-corrected chi connectivity index (χ0v) is 29.9. The number of ether oxygens (including phenoxy) is 2. The molecule has 4 heteroatoms. The molecule has 1 aliphatic rings. The van der Waals surface area contributed by atoms with E-state index in [4.69, 9.17) is 9.47 Å². The van der Waals surface area contributed by atoms with Crippen LogP contribution in [0.3, 0.4) is 0 Å². The molecule has 0 unspecified atom stereocenters. The molecule has 0 aromatic heterocycles. The van der Waals surface area contributed by atoms with Gasteiger partial charge in [0.2, 0.25) is 0 Å². The number of aryl methyl sites for hydroxylation is 4. The third kappa shape index (κ3) is 4.95. The molecule has 4 nitrogen and oxygen atoms in total. The minimum absolute atomic E-state index is 0.384. The quantitative estimate of drug-likeness (QED) is 0.115. The second-order valence-corrected chi connectivity index (χ2v) is 12.6. The summed E-state index contributed by atoms with van der Waals surface area (Å²) in [6.45, 7) is 18.0. The standard InChI is InChI=1S/C42H52O4/c1-11-23-24(12-2)26(14-4)32-20-34-28(16-6)36-22-38-30(18-8)40(42(44)46-10)39(41(43)45-9)29(17-7)37(38)21-35(36)27(15-5)33(34)19-31(32)25(23)13-3/h19-20H,11-18,21-22H2,1-10H3. The fourth-order valence-corrected chi connectivity index (χ4v) is 9.06. The summed E-state index contributed by atoms with van der Waals surface area (Å²) in [4.78, 5) is 26.7. The number of carbonyl (C=O) groups excluding carboxylic acids is 2. The molecule has 0 saturated heterocycles. The average Bonchev–Trinajstić information content (AvgIpc) is 3.09. The molecule has 0 amide bonds. The topological polar surface area (TPSA) is 52.6 Å². The van der Waals surface area contributed by atoms with Crippen LogP contribution in [0.15, 0.2) is 12.1 Å². The Kier molecular flexibility index (Phi) is 9.96. The van der Waals surface area contributed by atoms with Crippen LogP contribution in [0.2, 0.25) is 0 Å². The molecule has 0 bridgehead atoms. The summed E-state index contributed by atoms with van der Waals surface area (Å²) in [7, 11) is 2.79. The lowest BCUT2D eigenvalue weighted by molar-refractivity contribution is 0.0553. The van der Waals surface area contributed by atoms with Crippen LogP contribution < -0.4 is 0 Å². The minimum atomic E-state index is -0.465. The maximum atomic E-state index is 13.3. The molecule has 1 aliphatic carbocycles. The first-order chi connectivity index (χ1) is 22.2. The zero-order chi connectivity index (χ0) is 33.4. The number of benzene rings is 4. The van der Waals surface area contributed by atoms with Crippen molar-refractivity contribution in [2.75, 3.05) is 14.2 Å². The summed E-state index contributed by atoms with van der Waals surface area (Å²) < 4.78 is 10.6. The van der Waals surface area contributed by atoms with Crippen LogP contribution >= 0.6 is 0 Å². The highest BCUT2D eigenvalue weighted by Crippen LogP contribution is 2.45. The maximum absolute atomic E-state index is 13.3. The summed E-state index contributed by atoms with van der Waals surface area (Å²) in [6.07, 6.45) is 8.83. The molecule has 0 atom stereocenters. The lowest BCUT2D eigenvalue weighted by Gasteiger charge is -2.32. The van der Waals surface area contributed by atoms with Crippen molar-refractivity contribution in [2.24, 2.45) is 0 Å².